The summed E-state index contributed by atoms with van der Waals surface area (Å²) < 4.78 is 13.0. The fourth-order valence-electron chi connectivity index (χ4n) is 2.36. The molecule has 0 aliphatic heterocycles. The van der Waals surface area contributed by atoms with Crippen molar-refractivity contribution in [3.63, 3.8) is 0 Å². The van der Waals surface area contributed by atoms with Gasteiger partial charge in [0.1, 0.15) is 11.6 Å². The van der Waals surface area contributed by atoms with Gasteiger partial charge in [-0.25, -0.2) is 9.37 Å². The molecule has 0 atom stereocenters. The van der Waals surface area contributed by atoms with Crippen LogP contribution in [0.4, 0.5) is 10.2 Å². The highest BCUT2D eigenvalue weighted by Crippen LogP contribution is 2.22. The van der Waals surface area contributed by atoms with E-state index in [-0.39, 0.29) is 17.3 Å². The topological polar surface area (TPSA) is 68.0 Å². The number of nitrogen functional groups attached to an aromatic ring is 1. The van der Waals surface area contributed by atoms with E-state index in [0.717, 1.165) is 25.1 Å². The number of nitrogens with one attached hydrogen (secondary N) is 1. The fourth-order valence-corrected chi connectivity index (χ4v) is 2.36. The summed E-state index contributed by atoms with van der Waals surface area (Å²) in [4.78, 5) is 15.5. The highest BCUT2D eigenvalue weighted by atomic mass is 19.1. The van der Waals surface area contributed by atoms with Crippen LogP contribution >= 0.6 is 0 Å². The van der Waals surface area contributed by atoms with Gasteiger partial charge in [-0.3, -0.25) is 4.79 Å². The number of rotatable bonds is 3. The molecule has 0 unspecified atom stereocenters. The Morgan fingerprint density at radius 1 is 1.44 bits per heavy atom. The molecule has 1 amide bonds. The Morgan fingerprint density at radius 3 is 2.89 bits per heavy atom. The van der Waals surface area contributed by atoms with Crippen molar-refractivity contribution < 1.29 is 9.18 Å². The van der Waals surface area contributed by atoms with Gasteiger partial charge in [0.2, 0.25) is 0 Å². The van der Waals surface area contributed by atoms with Crippen molar-refractivity contribution in [3.8, 4) is 0 Å². The van der Waals surface area contributed by atoms with Crippen molar-refractivity contribution >= 4 is 11.7 Å². The molecule has 1 aliphatic carbocycles. The van der Waals surface area contributed by atoms with E-state index < -0.39 is 5.82 Å². The van der Waals surface area contributed by atoms with Gasteiger partial charge in [-0.2, -0.15) is 0 Å². The Labute approximate surface area is 106 Å². The van der Waals surface area contributed by atoms with Crippen LogP contribution in [-0.2, 0) is 0 Å². The molecule has 1 aliphatic rings. The minimum atomic E-state index is -0.549. The van der Waals surface area contributed by atoms with E-state index in [1.54, 1.807) is 0 Å². The van der Waals surface area contributed by atoms with Crippen molar-refractivity contribution in [2.75, 3.05) is 12.3 Å². The number of aromatic nitrogens is 1. The third kappa shape index (κ3) is 3.18. The van der Waals surface area contributed by atoms with Gasteiger partial charge in [0.15, 0.2) is 0 Å². The summed E-state index contributed by atoms with van der Waals surface area (Å²) >= 11 is 0. The maximum absolute atomic E-state index is 13.0. The smallest absolute Gasteiger partial charge is 0.255 e. The van der Waals surface area contributed by atoms with Gasteiger partial charge in [0.05, 0.1) is 11.8 Å². The van der Waals surface area contributed by atoms with E-state index in [0.29, 0.717) is 12.5 Å². The van der Waals surface area contributed by atoms with Gasteiger partial charge in [-0.1, -0.05) is 19.3 Å². The molecule has 3 N–H and O–H groups in total. The number of carbonyl (C=O) groups is 1. The van der Waals surface area contributed by atoms with Crippen molar-refractivity contribution in [2.45, 2.75) is 32.1 Å². The number of pyridine rings is 1. The summed E-state index contributed by atoms with van der Waals surface area (Å²) in [7, 11) is 0. The minimum Gasteiger partial charge on any atom is -0.383 e. The Balaban J connectivity index is 1.92. The third-order valence-corrected chi connectivity index (χ3v) is 3.41. The largest absolute Gasteiger partial charge is 0.383 e. The first-order chi connectivity index (χ1) is 8.66. The van der Waals surface area contributed by atoms with E-state index >= 15 is 0 Å². The molecule has 0 aromatic carbocycles. The average molecular weight is 251 g/mol. The lowest BCUT2D eigenvalue weighted by molar-refractivity contribution is 0.0943. The third-order valence-electron chi connectivity index (χ3n) is 3.41. The van der Waals surface area contributed by atoms with Crippen LogP contribution in [0, 0.1) is 11.7 Å². The molecule has 0 bridgehead atoms. The summed E-state index contributed by atoms with van der Waals surface area (Å²) in [6.07, 6.45) is 7.04. The van der Waals surface area contributed by atoms with E-state index in [4.69, 9.17) is 5.73 Å². The summed E-state index contributed by atoms with van der Waals surface area (Å²) in [5, 5.41) is 2.81. The zero-order chi connectivity index (χ0) is 13.0. The van der Waals surface area contributed by atoms with Crippen LogP contribution in [0.2, 0.25) is 0 Å². The molecule has 1 heterocycles. The van der Waals surface area contributed by atoms with Gasteiger partial charge in [-0.05, 0) is 24.8 Å². The Morgan fingerprint density at radius 2 is 2.17 bits per heavy atom. The van der Waals surface area contributed by atoms with Crippen molar-refractivity contribution in [2.24, 2.45) is 5.92 Å². The fraction of sp³-hybridized carbons (Fsp3) is 0.538. The number of anilines is 1. The van der Waals surface area contributed by atoms with E-state index in [1.807, 2.05) is 0 Å². The molecule has 0 spiro atoms. The molecule has 5 heteroatoms. The zero-order valence-electron chi connectivity index (χ0n) is 10.3. The Kier molecular flexibility index (Phi) is 4.12. The molecule has 1 aromatic rings. The molecule has 0 radical (unpaired) electrons. The lowest BCUT2D eigenvalue weighted by Crippen LogP contribution is -2.31. The molecular weight excluding hydrogens is 233 g/mol. The second-order valence-corrected chi connectivity index (χ2v) is 4.80. The van der Waals surface area contributed by atoms with Crippen LogP contribution in [0.1, 0.15) is 42.5 Å². The minimum absolute atomic E-state index is 0.0672. The number of halogens is 1. The molecule has 98 valence electrons. The van der Waals surface area contributed by atoms with Crippen LogP contribution in [0.5, 0.6) is 0 Å². The molecule has 18 heavy (non-hydrogen) atoms. The number of hydrogen-bond acceptors (Lipinski definition) is 3. The number of hydrogen-bond donors (Lipinski definition) is 2. The molecule has 2 rings (SSSR count). The molecule has 1 fully saturated rings. The quantitative estimate of drug-likeness (QED) is 0.864. The molecule has 1 aromatic heterocycles. The highest BCUT2D eigenvalue weighted by Gasteiger charge is 2.16. The number of carbonyl (C=O) groups excluding carboxylic acids is 1. The number of nitrogens with two attached hydrogens (primary N) is 1. The maximum Gasteiger partial charge on any atom is 0.255 e. The molecule has 4 nitrogen and oxygen atoms in total. The van der Waals surface area contributed by atoms with E-state index in [2.05, 4.69) is 10.3 Å². The standard InChI is InChI=1S/C13H18FN3O/c14-10-6-11(12(15)16-8-10)13(18)17-7-9-4-2-1-3-5-9/h6,8-9H,1-5,7H2,(H2,15,16)(H,17,18). The second-order valence-electron chi connectivity index (χ2n) is 4.80. The van der Waals surface area contributed by atoms with Gasteiger partial charge in [0.25, 0.3) is 5.91 Å². The number of amides is 1. The predicted molar refractivity (Wildman–Crippen MR) is 67.5 cm³/mol. The summed E-state index contributed by atoms with van der Waals surface area (Å²) in [5.41, 5.74) is 5.68. The first kappa shape index (κ1) is 12.8. The Bertz CT molecular complexity index is 430. The second kappa shape index (κ2) is 5.80. The number of nitrogens with zero attached hydrogens (tertiary/aromatic N) is 1. The predicted octanol–water partition coefficient (Wildman–Crippen LogP) is 2.11. The summed E-state index contributed by atoms with van der Waals surface area (Å²) in [6.45, 7) is 0.634. The van der Waals surface area contributed by atoms with Crippen LogP contribution in [0.25, 0.3) is 0 Å². The van der Waals surface area contributed by atoms with Crippen molar-refractivity contribution in [1.29, 1.82) is 0 Å². The SMILES string of the molecule is Nc1ncc(F)cc1C(=O)NCC1CCCCC1. The molecule has 1 saturated carbocycles. The zero-order valence-corrected chi connectivity index (χ0v) is 10.3. The van der Waals surface area contributed by atoms with E-state index in [1.165, 1.54) is 19.3 Å². The van der Waals surface area contributed by atoms with Crippen LogP contribution in [-0.4, -0.2) is 17.4 Å². The first-order valence-corrected chi connectivity index (χ1v) is 6.36. The Hall–Kier alpha value is -1.65. The lowest BCUT2D eigenvalue weighted by Gasteiger charge is -2.21. The lowest BCUT2D eigenvalue weighted by atomic mass is 9.89. The maximum atomic E-state index is 13.0. The van der Waals surface area contributed by atoms with Gasteiger partial charge < -0.3 is 11.1 Å². The van der Waals surface area contributed by atoms with Gasteiger partial charge >= 0.3 is 0 Å². The average Bonchev–Trinajstić information content (AvgIpc) is 2.40. The van der Waals surface area contributed by atoms with Gasteiger partial charge in [0, 0.05) is 6.54 Å². The monoisotopic (exact) mass is 251 g/mol. The van der Waals surface area contributed by atoms with E-state index in [9.17, 15) is 9.18 Å². The van der Waals surface area contributed by atoms with Gasteiger partial charge in [-0.15, -0.1) is 0 Å². The molecular formula is C13H18FN3O. The van der Waals surface area contributed by atoms with Crippen molar-refractivity contribution in [3.05, 3.63) is 23.6 Å². The summed E-state index contributed by atoms with van der Waals surface area (Å²) in [5.74, 6) is -0.292. The van der Waals surface area contributed by atoms with Crippen LogP contribution in [0.3, 0.4) is 0 Å². The normalized spacial score (nSPS) is 16.5. The first-order valence-electron chi connectivity index (χ1n) is 6.36. The highest BCUT2D eigenvalue weighted by molar-refractivity contribution is 5.98. The van der Waals surface area contributed by atoms with Crippen LogP contribution < -0.4 is 11.1 Å². The molecule has 0 saturated heterocycles. The van der Waals surface area contributed by atoms with Crippen molar-refractivity contribution in [1.82, 2.24) is 10.3 Å². The summed E-state index contributed by atoms with van der Waals surface area (Å²) in [6, 6.07) is 1.12. The van der Waals surface area contributed by atoms with Crippen LogP contribution in [0.15, 0.2) is 12.3 Å².